The van der Waals surface area contributed by atoms with Gasteiger partial charge in [-0.25, -0.2) is 0 Å². The molecule has 0 radical (unpaired) electrons. The van der Waals surface area contributed by atoms with Gasteiger partial charge in [0, 0.05) is 14.0 Å². The van der Waals surface area contributed by atoms with Crippen molar-refractivity contribution in [1.29, 1.82) is 0 Å². The molecule has 0 saturated heterocycles. The summed E-state index contributed by atoms with van der Waals surface area (Å²) in [6.45, 7) is 0.580. The smallest absolute Gasteiger partial charge is 0.318 e. The lowest BCUT2D eigenvalue weighted by Gasteiger charge is -2.11. The lowest BCUT2D eigenvalue weighted by Crippen LogP contribution is -2.31. The van der Waals surface area contributed by atoms with Crippen molar-refractivity contribution in [3.63, 3.8) is 0 Å². The quantitative estimate of drug-likeness (QED) is 0.501. The maximum absolute atomic E-state index is 10.4. The van der Waals surface area contributed by atoms with Crippen molar-refractivity contribution in [1.82, 2.24) is 0 Å². The van der Waals surface area contributed by atoms with Gasteiger partial charge in [0.25, 0.3) is 0 Å². The Bertz CT molecular complexity index is 306. The summed E-state index contributed by atoms with van der Waals surface area (Å²) in [5.74, 6) is 0. The van der Waals surface area contributed by atoms with Crippen LogP contribution in [0.5, 0.6) is 0 Å². The minimum Gasteiger partial charge on any atom is -0.354 e. The Hall–Kier alpha value is -0.930. The molecule has 9 heteroatoms. The van der Waals surface area contributed by atoms with Crippen molar-refractivity contribution in [3.05, 3.63) is 0 Å². The highest BCUT2D eigenvalue weighted by molar-refractivity contribution is 7.87. The van der Waals surface area contributed by atoms with Crippen molar-refractivity contribution >= 4 is 10.1 Å². The lowest BCUT2D eigenvalue weighted by molar-refractivity contribution is 0.133. The third kappa shape index (κ3) is 4.01. The molecule has 0 aromatic carbocycles. The van der Waals surface area contributed by atoms with E-state index in [1.807, 2.05) is 0 Å². The average molecular weight is 210 g/mol. The maximum atomic E-state index is 10.4. The summed E-state index contributed by atoms with van der Waals surface area (Å²) in [5.41, 5.74) is 0. The van der Waals surface area contributed by atoms with Crippen LogP contribution in [0.2, 0.25) is 0 Å². The molecule has 0 rings (SSSR count). The fourth-order valence-electron chi connectivity index (χ4n) is 0.306. The molecule has 0 bridgehead atoms. The standard InChI is InChI=1S/C4H10N4O4S/c1-4(9,13(10,11)12)8-7-3-6-5-2/h9H,3H2,1-2H3,(H,10,11,12)/b6-5?,8-7+. The molecular weight excluding hydrogens is 200 g/mol. The fourth-order valence-corrected chi connectivity index (χ4v) is 0.467. The lowest BCUT2D eigenvalue weighted by atomic mass is 10.7. The zero-order valence-corrected chi connectivity index (χ0v) is 7.93. The second-order valence-corrected chi connectivity index (χ2v) is 3.86. The van der Waals surface area contributed by atoms with Crippen LogP contribution >= 0.6 is 0 Å². The molecule has 0 aliphatic rings. The average Bonchev–Trinajstić information content (AvgIpc) is 1.96. The molecule has 1 atom stereocenters. The second kappa shape index (κ2) is 4.35. The molecule has 0 fully saturated rings. The van der Waals surface area contributed by atoms with Gasteiger partial charge in [-0.05, 0) is 0 Å². The second-order valence-electron chi connectivity index (χ2n) is 2.13. The molecule has 0 aromatic rings. The first-order valence-corrected chi connectivity index (χ1v) is 4.59. The molecule has 13 heavy (non-hydrogen) atoms. The monoisotopic (exact) mass is 210 g/mol. The van der Waals surface area contributed by atoms with Gasteiger partial charge in [-0.3, -0.25) is 4.55 Å². The molecule has 0 aliphatic carbocycles. The maximum Gasteiger partial charge on any atom is 0.318 e. The molecule has 8 nitrogen and oxygen atoms in total. The molecule has 0 amide bonds. The predicted octanol–water partition coefficient (Wildman–Crippen LogP) is 0.0319. The van der Waals surface area contributed by atoms with Gasteiger partial charge in [-0.1, -0.05) is 0 Å². The van der Waals surface area contributed by atoms with Gasteiger partial charge in [0.2, 0.25) is 0 Å². The number of azo groups is 2. The highest BCUT2D eigenvalue weighted by Crippen LogP contribution is 2.13. The predicted molar refractivity (Wildman–Crippen MR) is 42.7 cm³/mol. The van der Waals surface area contributed by atoms with Crippen LogP contribution in [0.4, 0.5) is 0 Å². The van der Waals surface area contributed by atoms with Crippen LogP contribution in [0.25, 0.3) is 0 Å². The molecule has 1 unspecified atom stereocenters. The van der Waals surface area contributed by atoms with Crippen LogP contribution < -0.4 is 0 Å². The van der Waals surface area contributed by atoms with Crippen LogP contribution in [0.1, 0.15) is 6.92 Å². The molecule has 76 valence electrons. The Balaban J connectivity index is 4.43. The van der Waals surface area contributed by atoms with E-state index in [9.17, 15) is 8.42 Å². The Morgan fingerprint density at radius 2 is 1.92 bits per heavy atom. The zero-order chi connectivity index (χ0) is 10.5. The topological polar surface area (TPSA) is 124 Å². The Morgan fingerprint density at radius 1 is 1.38 bits per heavy atom. The van der Waals surface area contributed by atoms with Crippen LogP contribution in [0.15, 0.2) is 20.5 Å². The number of nitrogens with zero attached hydrogens (tertiary/aromatic N) is 4. The molecule has 0 saturated carbocycles. The van der Waals surface area contributed by atoms with Crippen molar-refractivity contribution in [2.45, 2.75) is 12.0 Å². The van der Waals surface area contributed by atoms with Crippen LogP contribution in [0, 0.1) is 0 Å². The van der Waals surface area contributed by atoms with Crippen molar-refractivity contribution in [2.75, 3.05) is 13.7 Å². The molecule has 0 aliphatic heterocycles. The highest BCUT2D eigenvalue weighted by atomic mass is 32.2. The number of aliphatic hydroxyl groups is 1. The molecule has 0 spiro atoms. The fraction of sp³-hybridized carbons (Fsp3) is 1.00. The normalized spacial score (nSPS) is 18.2. The molecule has 2 N–H and O–H groups in total. The van der Waals surface area contributed by atoms with Gasteiger partial charge in [0.1, 0.15) is 0 Å². The summed E-state index contributed by atoms with van der Waals surface area (Å²) >= 11 is 0. The van der Waals surface area contributed by atoms with Crippen LogP contribution in [0.3, 0.4) is 0 Å². The minimum atomic E-state index is -4.67. The van der Waals surface area contributed by atoms with Gasteiger partial charge >= 0.3 is 15.2 Å². The van der Waals surface area contributed by atoms with Gasteiger partial charge in [0.05, 0.1) is 0 Å². The van der Waals surface area contributed by atoms with Crippen LogP contribution in [-0.4, -0.2) is 36.9 Å². The summed E-state index contributed by atoms with van der Waals surface area (Å²) < 4.78 is 29.2. The summed E-state index contributed by atoms with van der Waals surface area (Å²) in [6, 6.07) is 0. The van der Waals surface area contributed by atoms with E-state index in [1.54, 1.807) is 0 Å². The summed E-state index contributed by atoms with van der Waals surface area (Å²) in [6.07, 6.45) is 0. The summed E-state index contributed by atoms with van der Waals surface area (Å²) in [5, 5.41) is 19.1. The first-order chi connectivity index (χ1) is 5.81. The van der Waals surface area contributed by atoms with Crippen molar-refractivity contribution in [3.8, 4) is 0 Å². The minimum absolute atomic E-state index is 0.206. The Labute approximate surface area is 75.2 Å². The van der Waals surface area contributed by atoms with Crippen molar-refractivity contribution in [2.24, 2.45) is 20.5 Å². The molecule has 0 aromatic heterocycles. The zero-order valence-electron chi connectivity index (χ0n) is 7.12. The van der Waals surface area contributed by atoms with Crippen molar-refractivity contribution < 1.29 is 18.1 Å². The van der Waals surface area contributed by atoms with Gasteiger partial charge in [0.15, 0.2) is 6.67 Å². The van der Waals surface area contributed by atoms with Gasteiger partial charge in [-0.2, -0.15) is 23.8 Å². The number of hydrogen-bond donors (Lipinski definition) is 2. The summed E-state index contributed by atoms with van der Waals surface area (Å²) in [7, 11) is -3.27. The van der Waals surface area contributed by atoms with Gasteiger partial charge in [-0.15, -0.1) is 5.11 Å². The van der Waals surface area contributed by atoms with E-state index in [0.29, 0.717) is 0 Å². The molecular formula is C4H10N4O4S. The van der Waals surface area contributed by atoms with Crippen LogP contribution in [-0.2, 0) is 10.1 Å². The van der Waals surface area contributed by atoms with E-state index in [2.05, 4.69) is 20.5 Å². The third-order valence-corrected chi connectivity index (χ3v) is 2.07. The van der Waals surface area contributed by atoms with E-state index in [0.717, 1.165) is 6.92 Å². The first kappa shape index (κ1) is 12.1. The third-order valence-electron chi connectivity index (χ3n) is 1.01. The largest absolute Gasteiger partial charge is 0.354 e. The van der Waals surface area contributed by atoms with Gasteiger partial charge < -0.3 is 5.11 Å². The first-order valence-electron chi connectivity index (χ1n) is 3.15. The van der Waals surface area contributed by atoms with E-state index in [4.69, 9.17) is 9.66 Å². The SMILES string of the molecule is CN=NC/N=N/C(C)(O)S(=O)(=O)O. The summed E-state index contributed by atoms with van der Waals surface area (Å²) in [4.78, 5) is 0. The Kier molecular flexibility index (Phi) is 4.04. The number of rotatable bonds is 4. The number of hydrogen-bond acceptors (Lipinski definition) is 7. The Morgan fingerprint density at radius 3 is 2.31 bits per heavy atom. The van der Waals surface area contributed by atoms with E-state index >= 15 is 0 Å². The van der Waals surface area contributed by atoms with E-state index in [1.165, 1.54) is 7.05 Å². The highest BCUT2D eigenvalue weighted by Gasteiger charge is 2.35. The van der Waals surface area contributed by atoms with E-state index in [-0.39, 0.29) is 6.67 Å². The van der Waals surface area contributed by atoms with E-state index < -0.39 is 15.2 Å². The molecule has 0 heterocycles.